The van der Waals surface area contributed by atoms with Gasteiger partial charge in [-0.1, -0.05) is 0 Å². The van der Waals surface area contributed by atoms with Gasteiger partial charge >= 0.3 is 23.9 Å². The lowest BCUT2D eigenvalue weighted by Crippen LogP contribution is -2.44. The van der Waals surface area contributed by atoms with Gasteiger partial charge in [0.15, 0.2) is 0 Å². The minimum atomic E-state index is -1.54. The van der Waals surface area contributed by atoms with Gasteiger partial charge in [-0.25, -0.2) is 29.0 Å². The van der Waals surface area contributed by atoms with Crippen molar-refractivity contribution in [2.75, 3.05) is 9.80 Å². The number of benzene rings is 4. The van der Waals surface area contributed by atoms with Gasteiger partial charge in [0, 0.05) is 33.0 Å². The van der Waals surface area contributed by atoms with Crippen LogP contribution in [0, 0.1) is 0 Å². The van der Waals surface area contributed by atoms with Crippen molar-refractivity contribution < 1.29 is 58.8 Å². The topological polar surface area (TPSA) is 224 Å². The highest BCUT2D eigenvalue weighted by atomic mass is 16.4. The molecule has 4 aromatic carbocycles. The molecule has 14 nitrogen and oxygen atoms in total. The number of carbonyl (C=O) groups excluding carboxylic acids is 4. The number of rotatable bonds is 6. The molecular formula is C30H14N2O12. The summed E-state index contributed by atoms with van der Waals surface area (Å²) in [6, 6.07) is 10.2. The molecule has 2 aliphatic heterocycles. The molecule has 4 aromatic rings. The standard InChI is InChI=1S/C30H14N2O12/c33-23-15-5-7-17-22-18(26(36)32(25(17)35)20-10-12(28(39)40)2-4-14(20)30(43)44)8-6-16(21(15)22)24(34)31(23)19-9-11(27(37)38)1-3-13(19)29(41)42/h1-10H,(H,37,38)(H,39,40)(H,41,42)(H,43,44). The van der Waals surface area contributed by atoms with Crippen LogP contribution in [-0.4, -0.2) is 67.9 Å². The van der Waals surface area contributed by atoms with Crippen molar-refractivity contribution in [3.63, 3.8) is 0 Å². The van der Waals surface area contributed by atoms with Gasteiger partial charge in [0.1, 0.15) is 0 Å². The van der Waals surface area contributed by atoms with Crippen molar-refractivity contribution in [1.82, 2.24) is 0 Å². The summed E-state index contributed by atoms with van der Waals surface area (Å²) in [6.45, 7) is 0. The van der Waals surface area contributed by atoms with E-state index in [2.05, 4.69) is 0 Å². The summed E-state index contributed by atoms with van der Waals surface area (Å²) in [5, 5.41) is 38.0. The molecule has 0 aliphatic carbocycles. The molecule has 2 heterocycles. The van der Waals surface area contributed by atoms with Gasteiger partial charge in [-0.3, -0.25) is 19.2 Å². The number of hydrogen-bond acceptors (Lipinski definition) is 8. The Bertz CT molecular complexity index is 1910. The smallest absolute Gasteiger partial charge is 0.337 e. The SMILES string of the molecule is O=C(O)c1ccc(C(=O)O)c(N2C(=O)c3ccc4c5c(ccc(c35)C2=O)C(=O)N(c2cc(C(=O)O)ccc2C(=O)O)C4=O)c1. The molecule has 0 atom stereocenters. The Kier molecular flexibility index (Phi) is 5.88. The molecule has 0 unspecified atom stereocenters. The van der Waals surface area contributed by atoms with Crippen LogP contribution >= 0.6 is 0 Å². The molecule has 6 rings (SSSR count). The van der Waals surface area contributed by atoms with Crippen molar-refractivity contribution >= 4 is 69.7 Å². The Hall–Kier alpha value is -6.70. The average molecular weight is 594 g/mol. The molecule has 0 bridgehead atoms. The minimum Gasteiger partial charge on any atom is -0.478 e. The van der Waals surface area contributed by atoms with Gasteiger partial charge in [0.2, 0.25) is 0 Å². The lowest BCUT2D eigenvalue weighted by molar-refractivity contribution is 0.0681. The van der Waals surface area contributed by atoms with E-state index in [1.807, 2.05) is 0 Å². The zero-order chi connectivity index (χ0) is 31.8. The lowest BCUT2D eigenvalue weighted by Gasteiger charge is -2.32. The fourth-order valence-electron chi connectivity index (χ4n) is 5.37. The maximum Gasteiger partial charge on any atom is 0.337 e. The van der Waals surface area contributed by atoms with E-state index in [0.29, 0.717) is 9.80 Å². The third-order valence-electron chi connectivity index (χ3n) is 7.33. The molecule has 0 saturated carbocycles. The maximum atomic E-state index is 13.7. The van der Waals surface area contributed by atoms with E-state index in [1.165, 1.54) is 0 Å². The number of imide groups is 2. The maximum absolute atomic E-state index is 13.7. The van der Waals surface area contributed by atoms with Crippen molar-refractivity contribution in [3.8, 4) is 0 Å². The van der Waals surface area contributed by atoms with Crippen LogP contribution < -0.4 is 9.80 Å². The first-order valence-electron chi connectivity index (χ1n) is 12.4. The molecule has 0 radical (unpaired) electrons. The Labute approximate surface area is 243 Å². The molecular weight excluding hydrogens is 580 g/mol. The summed E-state index contributed by atoms with van der Waals surface area (Å²) < 4.78 is 0. The summed E-state index contributed by atoms with van der Waals surface area (Å²) in [5.74, 6) is -10.2. The second-order valence-electron chi connectivity index (χ2n) is 9.65. The molecule has 0 spiro atoms. The van der Waals surface area contributed by atoms with E-state index in [4.69, 9.17) is 0 Å². The van der Waals surface area contributed by atoms with Crippen molar-refractivity contribution in [3.05, 3.63) is 105 Å². The van der Waals surface area contributed by atoms with E-state index in [0.717, 1.165) is 60.7 Å². The Balaban J connectivity index is 1.55. The first-order valence-corrected chi connectivity index (χ1v) is 12.4. The Morgan fingerprint density at radius 3 is 0.977 bits per heavy atom. The number of hydrogen-bond donors (Lipinski definition) is 4. The fourth-order valence-corrected chi connectivity index (χ4v) is 5.37. The van der Waals surface area contributed by atoms with E-state index in [1.54, 1.807) is 0 Å². The highest BCUT2D eigenvalue weighted by molar-refractivity contribution is 6.42. The van der Waals surface area contributed by atoms with Crippen molar-refractivity contribution in [1.29, 1.82) is 0 Å². The van der Waals surface area contributed by atoms with Gasteiger partial charge in [0.05, 0.1) is 33.6 Å². The van der Waals surface area contributed by atoms with E-state index >= 15 is 0 Å². The van der Waals surface area contributed by atoms with Gasteiger partial charge in [0.25, 0.3) is 23.6 Å². The zero-order valence-corrected chi connectivity index (χ0v) is 21.7. The van der Waals surface area contributed by atoms with Crippen LogP contribution in [0.5, 0.6) is 0 Å². The Morgan fingerprint density at radius 1 is 0.432 bits per heavy atom. The molecule has 4 N–H and O–H groups in total. The predicted octanol–water partition coefficient (Wildman–Crippen LogP) is 3.23. The molecule has 4 amide bonds. The molecule has 14 heteroatoms. The molecule has 216 valence electrons. The summed E-state index contributed by atoms with van der Waals surface area (Å²) in [5.41, 5.74) is -3.70. The van der Waals surface area contributed by atoms with Gasteiger partial charge < -0.3 is 20.4 Å². The fraction of sp³-hybridized carbons (Fsp3) is 0. The lowest BCUT2D eigenvalue weighted by atomic mass is 9.85. The number of amides is 4. The van der Waals surface area contributed by atoms with E-state index in [9.17, 15) is 58.8 Å². The van der Waals surface area contributed by atoms with Crippen LogP contribution in [0.15, 0.2) is 60.7 Å². The quantitative estimate of drug-likeness (QED) is 0.236. The third-order valence-corrected chi connectivity index (χ3v) is 7.33. The monoisotopic (exact) mass is 594 g/mol. The normalized spacial score (nSPS) is 13.8. The molecule has 0 aromatic heterocycles. The number of nitrogens with zero attached hydrogens (tertiary/aromatic N) is 2. The van der Waals surface area contributed by atoms with Crippen molar-refractivity contribution in [2.45, 2.75) is 0 Å². The van der Waals surface area contributed by atoms with Gasteiger partial charge in [-0.2, -0.15) is 0 Å². The highest BCUT2D eigenvalue weighted by Crippen LogP contribution is 2.41. The third kappa shape index (κ3) is 3.75. The summed E-state index contributed by atoms with van der Waals surface area (Å²) >= 11 is 0. The van der Waals surface area contributed by atoms with Crippen LogP contribution in [0.1, 0.15) is 82.9 Å². The molecule has 2 aliphatic rings. The van der Waals surface area contributed by atoms with Crippen LogP contribution in [0.25, 0.3) is 10.8 Å². The van der Waals surface area contributed by atoms with Crippen LogP contribution in [0.2, 0.25) is 0 Å². The zero-order valence-electron chi connectivity index (χ0n) is 21.7. The minimum absolute atomic E-state index is 0.100. The number of carboxylic acid groups (broad SMARTS) is 4. The molecule has 0 saturated heterocycles. The highest BCUT2D eigenvalue weighted by Gasteiger charge is 2.42. The molecule has 44 heavy (non-hydrogen) atoms. The molecule has 0 fully saturated rings. The summed E-state index contributed by atoms with van der Waals surface area (Å²) in [4.78, 5) is 103. The second-order valence-corrected chi connectivity index (χ2v) is 9.65. The summed E-state index contributed by atoms with van der Waals surface area (Å²) in [6.07, 6.45) is 0. The largest absolute Gasteiger partial charge is 0.478 e. The van der Waals surface area contributed by atoms with Crippen LogP contribution in [-0.2, 0) is 0 Å². The number of carboxylic acids is 4. The Morgan fingerprint density at radius 2 is 0.727 bits per heavy atom. The summed E-state index contributed by atoms with van der Waals surface area (Å²) in [7, 11) is 0. The first kappa shape index (κ1) is 27.5. The number of carbonyl (C=O) groups is 8. The first-order chi connectivity index (χ1) is 20.8. The van der Waals surface area contributed by atoms with Gasteiger partial charge in [-0.15, -0.1) is 0 Å². The predicted molar refractivity (Wildman–Crippen MR) is 147 cm³/mol. The van der Waals surface area contributed by atoms with Crippen LogP contribution in [0.4, 0.5) is 11.4 Å². The van der Waals surface area contributed by atoms with Crippen LogP contribution in [0.3, 0.4) is 0 Å². The van der Waals surface area contributed by atoms with Gasteiger partial charge in [-0.05, 0) is 60.7 Å². The number of aromatic carboxylic acids is 4. The van der Waals surface area contributed by atoms with E-state index < -0.39 is 81.1 Å². The average Bonchev–Trinajstić information content (AvgIpc) is 2.98. The van der Waals surface area contributed by atoms with E-state index in [-0.39, 0.29) is 33.0 Å². The van der Waals surface area contributed by atoms with Crippen molar-refractivity contribution in [2.24, 2.45) is 0 Å². The number of anilines is 2. The second kappa shape index (κ2) is 9.42.